The van der Waals surface area contributed by atoms with Gasteiger partial charge in [-0.05, 0) is 13.0 Å². The number of hydrogen-bond acceptors (Lipinski definition) is 6. The Labute approximate surface area is 128 Å². The summed E-state index contributed by atoms with van der Waals surface area (Å²) in [5.74, 6) is 0.103. The van der Waals surface area contributed by atoms with Crippen LogP contribution < -0.4 is 14.8 Å². The zero-order valence-corrected chi connectivity index (χ0v) is 12.8. The van der Waals surface area contributed by atoms with Gasteiger partial charge in [-0.15, -0.1) is 0 Å². The van der Waals surface area contributed by atoms with Crippen LogP contribution in [0.3, 0.4) is 0 Å². The number of nitro benzene ring substituents is 1. The van der Waals surface area contributed by atoms with Gasteiger partial charge in [-0.3, -0.25) is 14.9 Å². The fourth-order valence-corrected chi connectivity index (χ4v) is 2.52. The molecule has 0 aromatic heterocycles. The van der Waals surface area contributed by atoms with Crippen LogP contribution in [0.15, 0.2) is 12.1 Å². The fourth-order valence-electron chi connectivity index (χ4n) is 2.52. The predicted octanol–water partition coefficient (Wildman–Crippen LogP) is 1.05. The smallest absolute Gasteiger partial charge is 0.286 e. The summed E-state index contributed by atoms with van der Waals surface area (Å²) in [4.78, 5) is 24.8. The second-order valence-corrected chi connectivity index (χ2v) is 5.04. The highest BCUT2D eigenvalue weighted by Crippen LogP contribution is 2.35. The molecule has 1 aliphatic rings. The van der Waals surface area contributed by atoms with E-state index in [1.807, 2.05) is 0 Å². The van der Waals surface area contributed by atoms with Gasteiger partial charge in [-0.1, -0.05) is 0 Å². The zero-order chi connectivity index (χ0) is 16.3. The van der Waals surface area contributed by atoms with Gasteiger partial charge < -0.3 is 19.7 Å². The summed E-state index contributed by atoms with van der Waals surface area (Å²) < 4.78 is 10.2. The average Bonchev–Trinajstić information content (AvgIpc) is 3.06. The second-order valence-electron chi connectivity index (χ2n) is 5.04. The molecule has 0 aliphatic carbocycles. The maximum Gasteiger partial charge on any atom is 0.286 e. The standard InChI is InChI=1S/C14H19N3O5/c1-16(9-4-5-15-8-9)14(18)10-6-12(21-2)13(22-3)7-11(10)17(19)20/h6-7,9,15H,4-5,8H2,1-3H3. The topological polar surface area (TPSA) is 93.9 Å². The lowest BCUT2D eigenvalue weighted by Crippen LogP contribution is -2.38. The summed E-state index contributed by atoms with van der Waals surface area (Å²) in [5.41, 5.74) is -0.294. The third-order valence-corrected chi connectivity index (χ3v) is 3.83. The quantitative estimate of drug-likeness (QED) is 0.645. The number of nitro groups is 1. The number of nitrogens with zero attached hydrogens (tertiary/aromatic N) is 2. The minimum absolute atomic E-state index is 0.00273. The van der Waals surface area contributed by atoms with Crippen molar-refractivity contribution in [3.63, 3.8) is 0 Å². The Morgan fingerprint density at radius 1 is 1.36 bits per heavy atom. The van der Waals surface area contributed by atoms with Crippen LogP contribution in [0.25, 0.3) is 0 Å². The normalized spacial score (nSPS) is 17.1. The summed E-state index contributed by atoms with van der Waals surface area (Å²) in [6.07, 6.45) is 0.823. The summed E-state index contributed by atoms with van der Waals surface area (Å²) in [6, 6.07) is 2.60. The molecule has 0 saturated carbocycles. The summed E-state index contributed by atoms with van der Waals surface area (Å²) in [6.45, 7) is 1.51. The highest BCUT2D eigenvalue weighted by molar-refractivity contribution is 5.99. The number of hydrogen-bond donors (Lipinski definition) is 1. The predicted molar refractivity (Wildman–Crippen MR) is 79.6 cm³/mol. The first-order chi connectivity index (χ1) is 10.5. The van der Waals surface area contributed by atoms with Crippen LogP contribution in [-0.4, -0.2) is 56.1 Å². The van der Waals surface area contributed by atoms with Crippen molar-refractivity contribution in [3.8, 4) is 11.5 Å². The molecule has 1 aromatic rings. The van der Waals surface area contributed by atoms with Crippen molar-refractivity contribution in [1.82, 2.24) is 10.2 Å². The number of carbonyl (C=O) groups is 1. The summed E-state index contributed by atoms with van der Waals surface area (Å²) in [7, 11) is 4.46. The Kier molecular flexibility index (Phi) is 4.81. The molecular formula is C14H19N3O5. The van der Waals surface area contributed by atoms with E-state index in [9.17, 15) is 14.9 Å². The molecule has 1 aliphatic heterocycles. The summed E-state index contributed by atoms with van der Waals surface area (Å²) >= 11 is 0. The molecule has 1 fully saturated rings. The lowest BCUT2D eigenvalue weighted by atomic mass is 10.1. The van der Waals surface area contributed by atoms with E-state index in [0.29, 0.717) is 6.54 Å². The van der Waals surface area contributed by atoms with Crippen LogP contribution >= 0.6 is 0 Å². The number of likely N-dealkylation sites (N-methyl/N-ethyl adjacent to an activating group) is 1. The molecule has 0 spiro atoms. The molecule has 1 atom stereocenters. The first kappa shape index (κ1) is 16.0. The number of rotatable bonds is 5. The number of ether oxygens (including phenoxy) is 2. The van der Waals surface area contributed by atoms with Gasteiger partial charge in [0.25, 0.3) is 11.6 Å². The van der Waals surface area contributed by atoms with Crippen molar-refractivity contribution in [2.45, 2.75) is 12.5 Å². The molecule has 1 heterocycles. The Morgan fingerprint density at radius 3 is 2.50 bits per heavy atom. The van der Waals surface area contributed by atoms with E-state index in [-0.39, 0.29) is 28.8 Å². The van der Waals surface area contributed by atoms with E-state index in [0.717, 1.165) is 13.0 Å². The molecule has 1 amide bonds. The van der Waals surface area contributed by atoms with Crippen LogP contribution in [0.1, 0.15) is 16.8 Å². The molecule has 1 aromatic carbocycles. The van der Waals surface area contributed by atoms with Gasteiger partial charge in [0.05, 0.1) is 25.2 Å². The van der Waals surface area contributed by atoms with Gasteiger partial charge in [0.2, 0.25) is 0 Å². The lowest BCUT2D eigenvalue weighted by molar-refractivity contribution is -0.385. The average molecular weight is 309 g/mol. The van der Waals surface area contributed by atoms with Gasteiger partial charge in [0.15, 0.2) is 11.5 Å². The molecule has 1 saturated heterocycles. The molecule has 8 heteroatoms. The van der Waals surface area contributed by atoms with Gasteiger partial charge in [-0.2, -0.15) is 0 Å². The van der Waals surface area contributed by atoms with Crippen LogP contribution in [0, 0.1) is 10.1 Å². The molecule has 120 valence electrons. The lowest BCUT2D eigenvalue weighted by Gasteiger charge is -2.24. The van der Waals surface area contributed by atoms with Crippen molar-refractivity contribution >= 4 is 11.6 Å². The number of nitrogens with one attached hydrogen (secondary N) is 1. The van der Waals surface area contributed by atoms with Gasteiger partial charge >= 0.3 is 0 Å². The monoisotopic (exact) mass is 309 g/mol. The minimum atomic E-state index is -0.587. The van der Waals surface area contributed by atoms with E-state index < -0.39 is 10.8 Å². The Hall–Kier alpha value is -2.35. The highest BCUT2D eigenvalue weighted by atomic mass is 16.6. The molecule has 2 rings (SSSR count). The fraction of sp³-hybridized carbons (Fsp3) is 0.500. The van der Waals surface area contributed by atoms with E-state index in [4.69, 9.17) is 9.47 Å². The van der Waals surface area contributed by atoms with Gasteiger partial charge in [0.1, 0.15) is 5.56 Å². The third kappa shape index (κ3) is 2.96. The van der Waals surface area contributed by atoms with Crippen LogP contribution in [0.5, 0.6) is 11.5 Å². The van der Waals surface area contributed by atoms with Crippen LogP contribution in [-0.2, 0) is 0 Å². The largest absolute Gasteiger partial charge is 0.493 e. The van der Waals surface area contributed by atoms with Crippen molar-refractivity contribution in [3.05, 3.63) is 27.8 Å². The van der Waals surface area contributed by atoms with Crippen LogP contribution in [0.2, 0.25) is 0 Å². The van der Waals surface area contributed by atoms with Crippen molar-refractivity contribution in [2.75, 3.05) is 34.4 Å². The molecule has 1 unspecified atom stereocenters. The first-order valence-electron chi connectivity index (χ1n) is 6.87. The van der Waals surface area contributed by atoms with E-state index in [2.05, 4.69) is 5.32 Å². The molecule has 22 heavy (non-hydrogen) atoms. The first-order valence-corrected chi connectivity index (χ1v) is 6.87. The molecule has 1 N–H and O–H groups in total. The number of carbonyl (C=O) groups excluding carboxylic acids is 1. The SMILES string of the molecule is COc1cc(C(=O)N(C)C2CCNC2)c([N+](=O)[O-])cc1OC. The minimum Gasteiger partial charge on any atom is -0.493 e. The van der Waals surface area contributed by atoms with Crippen molar-refractivity contribution < 1.29 is 19.2 Å². The third-order valence-electron chi connectivity index (χ3n) is 3.83. The Morgan fingerprint density at radius 2 is 2.00 bits per heavy atom. The van der Waals surface area contributed by atoms with E-state index >= 15 is 0 Å². The number of amides is 1. The number of methoxy groups -OCH3 is 2. The van der Waals surface area contributed by atoms with Crippen molar-refractivity contribution in [2.24, 2.45) is 0 Å². The van der Waals surface area contributed by atoms with Crippen LogP contribution in [0.4, 0.5) is 5.69 Å². The highest BCUT2D eigenvalue weighted by Gasteiger charge is 2.30. The Bertz CT molecular complexity index is 584. The molecular weight excluding hydrogens is 290 g/mol. The molecule has 8 nitrogen and oxygen atoms in total. The molecule has 0 radical (unpaired) electrons. The Balaban J connectivity index is 2.43. The molecule has 0 bridgehead atoms. The van der Waals surface area contributed by atoms with Gasteiger partial charge in [0, 0.05) is 25.7 Å². The maximum atomic E-state index is 12.6. The van der Waals surface area contributed by atoms with E-state index in [1.165, 1.54) is 31.3 Å². The van der Waals surface area contributed by atoms with Crippen molar-refractivity contribution in [1.29, 1.82) is 0 Å². The number of benzene rings is 1. The summed E-state index contributed by atoms with van der Waals surface area (Å²) in [5, 5.41) is 14.4. The van der Waals surface area contributed by atoms with E-state index in [1.54, 1.807) is 7.05 Å². The zero-order valence-electron chi connectivity index (χ0n) is 12.8. The maximum absolute atomic E-state index is 12.6. The second kappa shape index (κ2) is 6.61. The van der Waals surface area contributed by atoms with Gasteiger partial charge in [-0.25, -0.2) is 0 Å².